The largest absolute Gasteiger partial charge is 0.354 e. The SMILES string of the molecule is CC(C)NC(=NCC(=O)N(C)C)NC1CCCC(C(=O)N(C)C)C1. The van der Waals surface area contributed by atoms with Gasteiger partial charge in [0.15, 0.2) is 5.96 Å². The fourth-order valence-corrected chi connectivity index (χ4v) is 2.80. The van der Waals surface area contributed by atoms with Gasteiger partial charge in [-0.15, -0.1) is 0 Å². The summed E-state index contributed by atoms with van der Waals surface area (Å²) in [4.78, 5) is 31.5. The van der Waals surface area contributed by atoms with Crippen molar-refractivity contribution < 1.29 is 9.59 Å². The Bertz CT molecular complexity index is 460. The first-order chi connectivity index (χ1) is 11.2. The van der Waals surface area contributed by atoms with Gasteiger partial charge in [-0.1, -0.05) is 6.42 Å². The number of nitrogens with zero attached hydrogens (tertiary/aromatic N) is 3. The molecular weight excluding hydrogens is 306 g/mol. The summed E-state index contributed by atoms with van der Waals surface area (Å²) in [6.45, 7) is 4.18. The number of amides is 2. The van der Waals surface area contributed by atoms with Crippen LogP contribution in [-0.4, -0.2) is 74.4 Å². The van der Waals surface area contributed by atoms with Crippen molar-refractivity contribution in [2.24, 2.45) is 10.9 Å². The molecule has 0 saturated heterocycles. The molecule has 2 atom stereocenters. The fraction of sp³-hybridized carbons (Fsp3) is 0.824. The van der Waals surface area contributed by atoms with Crippen molar-refractivity contribution >= 4 is 17.8 Å². The zero-order chi connectivity index (χ0) is 18.3. The highest BCUT2D eigenvalue weighted by Gasteiger charge is 2.28. The summed E-state index contributed by atoms with van der Waals surface area (Å²) in [6.07, 6.45) is 3.78. The maximum Gasteiger partial charge on any atom is 0.243 e. The summed E-state index contributed by atoms with van der Waals surface area (Å²) >= 11 is 0. The zero-order valence-corrected chi connectivity index (χ0v) is 15.9. The molecule has 7 nitrogen and oxygen atoms in total. The van der Waals surface area contributed by atoms with Gasteiger partial charge in [0.25, 0.3) is 0 Å². The van der Waals surface area contributed by atoms with Crippen LogP contribution in [0.15, 0.2) is 4.99 Å². The lowest BCUT2D eigenvalue weighted by Gasteiger charge is -2.31. The van der Waals surface area contributed by atoms with Gasteiger partial charge in [-0.2, -0.15) is 0 Å². The number of hydrogen-bond acceptors (Lipinski definition) is 3. The lowest BCUT2D eigenvalue weighted by molar-refractivity contribution is -0.134. The van der Waals surface area contributed by atoms with E-state index in [9.17, 15) is 9.59 Å². The Morgan fingerprint density at radius 3 is 2.33 bits per heavy atom. The van der Waals surface area contributed by atoms with E-state index in [1.54, 1.807) is 33.1 Å². The van der Waals surface area contributed by atoms with Gasteiger partial charge < -0.3 is 20.4 Å². The molecule has 0 radical (unpaired) electrons. The second kappa shape index (κ2) is 9.49. The molecule has 0 spiro atoms. The van der Waals surface area contributed by atoms with Crippen LogP contribution in [0.3, 0.4) is 0 Å². The van der Waals surface area contributed by atoms with Gasteiger partial charge in [0.05, 0.1) is 0 Å². The molecule has 2 N–H and O–H groups in total. The van der Waals surface area contributed by atoms with E-state index < -0.39 is 0 Å². The van der Waals surface area contributed by atoms with Crippen molar-refractivity contribution in [3.05, 3.63) is 0 Å². The maximum atomic E-state index is 12.2. The molecule has 24 heavy (non-hydrogen) atoms. The summed E-state index contributed by atoms with van der Waals surface area (Å²) < 4.78 is 0. The minimum absolute atomic E-state index is 0.0378. The first-order valence-corrected chi connectivity index (χ1v) is 8.69. The summed E-state index contributed by atoms with van der Waals surface area (Å²) in [5.41, 5.74) is 0. The highest BCUT2D eigenvalue weighted by Crippen LogP contribution is 2.25. The lowest BCUT2D eigenvalue weighted by Crippen LogP contribution is -2.49. The Labute approximate surface area is 145 Å². The Balaban J connectivity index is 2.69. The highest BCUT2D eigenvalue weighted by atomic mass is 16.2. The molecule has 138 valence electrons. The van der Waals surface area contributed by atoms with E-state index in [0.29, 0.717) is 5.96 Å². The van der Waals surface area contributed by atoms with Crippen LogP contribution in [0.5, 0.6) is 0 Å². The van der Waals surface area contributed by atoms with Gasteiger partial charge in [-0.3, -0.25) is 9.59 Å². The first-order valence-electron chi connectivity index (χ1n) is 8.69. The van der Waals surface area contributed by atoms with Crippen LogP contribution in [0.25, 0.3) is 0 Å². The van der Waals surface area contributed by atoms with Crippen molar-refractivity contribution in [1.82, 2.24) is 20.4 Å². The number of likely N-dealkylation sites (N-methyl/N-ethyl adjacent to an activating group) is 1. The molecule has 1 aliphatic carbocycles. The van der Waals surface area contributed by atoms with Gasteiger partial charge in [0.2, 0.25) is 11.8 Å². The third-order valence-electron chi connectivity index (χ3n) is 4.10. The summed E-state index contributed by atoms with van der Waals surface area (Å²) in [6, 6.07) is 0.417. The van der Waals surface area contributed by atoms with Gasteiger partial charge in [0, 0.05) is 46.2 Å². The average Bonchev–Trinajstić information content (AvgIpc) is 2.51. The minimum atomic E-state index is -0.0378. The molecule has 2 unspecified atom stereocenters. The molecule has 1 fully saturated rings. The molecular formula is C17H33N5O2. The highest BCUT2D eigenvalue weighted by molar-refractivity contribution is 5.85. The third kappa shape index (κ3) is 6.76. The second-order valence-electron chi connectivity index (χ2n) is 7.19. The predicted molar refractivity (Wildman–Crippen MR) is 96.8 cm³/mol. The smallest absolute Gasteiger partial charge is 0.243 e. The van der Waals surface area contributed by atoms with Crippen LogP contribution in [0, 0.1) is 5.92 Å². The monoisotopic (exact) mass is 339 g/mol. The Hall–Kier alpha value is -1.79. The van der Waals surface area contributed by atoms with Crippen LogP contribution in [-0.2, 0) is 9.59 Å². The van der Waals surface area contributed by atoms with Gasteiger partial charge in [-0.05, 0) is 33.1 Å². The minimum Gasteiger partial charge on any atom is -0.354 e. The van der Waals surface area contributed by atoms with Crippen LogP contribution in [0.2, 0.25) is 0 Å². The van der Waals surface area contributed by atoms with Gasteiger partial charge in [0.1, 0.15) is 6.54 Å². The molecule has 0 aromatic heterocycles. The van der Waals surface area contributed by atoms with Crippen molar-refractivity contribution in [3.8, 4) is 0 Å². The number of rotatable bonds is 5. The Kier molecular flexibility index (Phi) is 8.01. The number of nitrogens with one attached hydrogen (secondary N) is 2. The zero-order valence-electron chi connectivity index (χ0n) is 15.9. The molecule has 0 aromatic rings. The average molecular weight is 339 g/mol. The maximum absolute atomic E-state index is 12.2. The number of carbonyl (C=O) groups excluding carboxylic acids is 2. The van der Waals surface area contributed by atoms with Crippen molar-refractivity contribution in [2.75, 3.05) is 34.7 Å². The van der Waals surface area contributed by atoms with E-state index in [4.69, 9.17) is 0 Å². The van der Waals surface area contributed by atoms with E-state index in [1.807, 2.05) is 13.8 Å². The van der Waals surface area contributed by atoms with E-state index in [-0.39, 0.29) is 36.4 Å². The van der Waals surface area contributed by atoms with Gasteiger partial charge >= 0.3 is 0 Å². The van der Waals surface area contributed by atoms with Crippen LogP contribution in [0.4, 0.5) is 0 Å². The number of hydrogen-bond donors (Lipinski definition) is 2. The van der Waals surface area contributed by atoms with E-state index in [2.05, 4.69) is 15.6 Å². The molecule has 1 saturated carbocycles. The summed E-state index contributed by atoms with van der Waals surface area (Å²) in [7, 11) is 7.05. The van der Waals surface area contributed by atoms with Crippen LogP contribution in [0.1, 0.15) is 39.5 Å². The number of guanidine groups is 1. The van der Waals surface area contributed by atoms with Crippen LogP contribution >= 0.6 is 0 Å². The standard InChI is InChI=1S/C17H33N5O2/c1-12(2)19-17(18-11-15(23)21(3)4)20-14-9-7-8-13(10-14)16(24)22(5)6/h12-14H,7-11H2,1-6H3,(H2,18,19,20). The first kappa shape index (κ1) is 20.3. The fourth-order valence-electron chi connectivity index (χ4n) is 2.80. The van der Waals surface area contributed by atoms with E-state index >= 15 is 0 Å². The summed E-state index contributed by atoms with van der Waals surface area (Å²) in [5.74, 6) is 0.863. The molecule has 0 aliphatic heterocycles. The molecule has 1 aliphatic rings. The topological polar surface area (TPSA) is 77.0 Å². The normalized spacial score (nSPS) is 21.4. The third-order valence-corrected chi connectivity index (χ3v) is 4.10. The van der Waals surface area contributed by atoms with Gasteiger partial charge in [-0.25, -0.2) is 4.99 Å². The van der Waals surface area contributed by atoms with Crippen molar-refractivity contribution in [3.63, 3.8) is 0 Å². The second-order valence-corrected chi connectivity index (χ2v) is 7.19. The predicted octanol–water partition coefficient (Wildman–Crippen LogP) is 0.665. The summed E-state index contributed by atoms with van der Waals surface area (Å²) in [5, 5.41) is 6.66. The molecule has 0 aromatic carbocycles. The number of carbonyl (C=O) groups is 2. The molecule has 0 heterocycles. The Morgan fingerprint density at radius 1 is 1.12 bits per heavy atom. The molecule has 1 rings (SSSR count). The van der Waals surface area contributed by atoms with E-state index in [0.717, 1.165) is 25.7 Å². The molecule has 7 heteroatoms. The van der Waals surface area contributed by atoms with Crippen molar-refractivity contribution in [2.45, 2.75) is 51.6 Å². The molecule has 2 amide bonds. The molecule has 0 bridgehead atoms. The van der Waals surface area contributed by atoms with E-state index in [1.165, 1.54) is 4.90 Å². The van der Waals surface area contributed by atoms with Crippen LogP contribution < -0.4 is 10.6 Å². The van der Waals surface area contributed by atoms with Crippen molar-refractivity contribution in [1.29, 1.82) is 0 Å². The quantitative estimate of drug-likeness (QED) is 0.570. The Morgan fingerprint density at radius 2 is 1.79 bits per heavy atom. The lowest BCUT2D eigenvalue weighted by atomic mass is 9.85. The number of aliphatic imine (C=N–C) groups is 1.